The van der Waals surface area contributed by atoms with Crippen LogP contribution in [-0.4, -0.2) is 27.6 Å². The molecule has 1 rings (SSSR count). The Morgan fingerprint density at radius 2 is 2.07 bits per heavy atom. The van der Waals surface area contributed by atoms with E-state index in [-0.39, 0.29) is 0 Å². The standard InChI is InChI=1S/C7H8ClN3O3/c1-4-3-10(5(8)12)7(14)11(4)6(13)9-2/h3H,1-2H3,(H,9,13). The van der Waals surface area contributed by atoms with Gasteiger partial charge in [0.05, 0.1) is 0 Å². The Bertz CT molecular complexity index is 446. The van der Waals surface area contributed by atoms with Crippen molar-refractivity contribution in [3.05, 3.63) is 22.4 Å². The minimum atomic E-state index is -0.944. The fraction of sp³-hybridized carbons (Fsp3) is 0.286. The van der Waals surface area contributed by atoms with E-state index in [1.807, 2.05) is 0 Å². The Morgan fingerprint density at radius 1 is 1.50 bits per heavy atom. The number of hydrogen-bond donors (Lipinski definition) is 1. The van der Waals surface area contributed by atoms with Crippen LogP contribution in [-0.2, 0) is 0 Å². The molecular formula is C7H8ClN3O3. The monoisotopic (exact) mass is 217 g/mol. The lowest BCUT2D eigenvalue weighted by molar-refractivity contribution is 0.243. The van der Waals surface area contributed by atoms with Gasteiger partial charge in [0.25, 0.3) is 0 Å². The number of aromatic nitrogens is 2. The van der Waals surface area contributed by atoms with Gasteiger partial charge >= 0.3 is 17.1 Å². The summed E-state index contributed by atoms with van der Waals surface area (Å²) in [5.41, 5.74) is -0.440. The number of nitrogens with zero attached hydrogens (tertiary/aromatic N) is 2. The third-order valence-electron chi connectivity index (χ3n) is 1.67. The zero-order valence-electron chi connectivity index (χ0n) is 7.57. The summed E-state index contributed by atoms with van der Waals surface area (Å²) in [4.78, 5) is 33.3. The average Bonchev–Trinajstić information content (AvgIpc) is 2.41. The topological polar surface area (TPSA) is 73.1 Å². The summed E-state index contributed by atoms with van der Waals surface area (Å²) in [5, 5.41) is 1.33. The van der Waals surface area contributed by atoms with Gasteiger partial charge in [0.1, 0.15) is 0 Å². The van der Waals surface area contributed by atoms with E-state index in [1.54, 1.807) is 0 Å². The Kier molecular flexibility index (Phi) is 2.76. The van der Waals surface area contributed by atoms with Crippen LogP contribution in [0.15, 0.2) is 11.0 Å². The number of nitrogens with one attached hydrogen (secondary N) is 1. The Labute approximate surface area is 84.1 Å². The highest BCUT2D eigenvalue weighted by Gasteiger charge is 2.16. The van der Waals surface area contributed by atoms with Crippen LogP contribution in [0.5, 0.6) is 0 Å². The van der Waals surface area contributed by atoms with E-state index in [9.17, 15) is 14.4 Å². The van der Waals surface area contributed by atoms with Gasteiger partial charge in [0.2, 0.25) is 0 Å². The molecule has 1 N–H and O–H groups in total. The van der Waals surface area contributed by atoms with Gasteiger partial charge in [-0.3, -0.25) is 4.79 Å². The summed E-state index contributed by atoms with van der Waals surface area (Å²) in [6.45, 7) is 1.52. The van der Waals surface area contributed by atoms with Crippen molar-refractivity contribution in [1.82, 2.24) is 14.5 Å². The fourth-order valence-electron chi connectivity index (χ4n) is 1.04. The molecule has 0 spiro atoms. The molecule has 0 aromatic carbocycles. The molecule has 1 heterocycles. The van der Waals surface area contributed by atoms with Crippen LogP contribution in [0, 0.1) is 6.92 Å². The highest BCUT2D eigenvalue weighted by Crippen LogP contribution is 1.97. The second-order valence-corrected chi connectivity index (χ2v) is 2.89. The van der Waals surface area contributed by atoms with Crippen molar-refractivity contribution in [3.8, 4) is 0 Å². The maximum atomic E-state index is 11.4. The van der Waals surface area contributed by atoms with E-state index in [0.717, 1.165) is 4.57 Å². The summed E-state index contributed by atoms with van der Waals surface area (Å²) < 4.78 is 1.48. The van der Waals surface area contributed by atoms with E-state index < -0.39 is 17.1 Å². The van der Waals surface area contributed by atoms with Gasteiger partial charge in [0, 0.05) is 18.9 Å². The van der Waals surface area contributed by atoms with Gasteiger partial charge < -0.3 is 5.32 Å². The molecule has 1 aromatic rings. The predicted octanol–water partition coefficient (Wildman–Crippen LogP) is 0.353. The lowest BCUT2D eigenvalue weighted by atomic mass is 10.5. The quantitative estimate of drug-likeness (QED) is 0.638. The maximum Gasteiger partial charge on any atom is 0.344 e. The molecule has 0 aliphatic carbocycles. The summed E-state index contributed by atoms with van der Waals surface area (Å²) in [6.07, 6.45) is 1.20. The Morgan fingerprint density at radius 3 is 2.43 bits per heavy atom. The molecule has 0 saturated carbocycles. The average molecular weight is 218 g/mol. The molecule has 1 aromatic heterocycles. The summed E-state index contributed by atoms with van der Waals surface area (Å²) in [6, 6.07) is -0.607. The molecule has 0 aliphatic heterocycles. The SMILES string of the molecule is CNC(=O)n1c(C)cn(C(=O)Cl)c1=O. The first-order valence-electron chi connectivity index (χ1n) is 3.72. The van der Waals surface area contributed by atoms with Crippen molar-refractivity contribution in [1.29, 1.82) is 0 Å². The minimum Gasteiger partial charge on any atom is -0.340 e. The highest BCUT2D eigenvalue weighted by molar-refractivity contribution is 6.63. The van der Waals surface area contributed by atoms with Crippen molar-refractivity contribution < 1.29 is 9.59 Å². The van der Waals surface area contributed by atoms with Crippen LogP contribution < -0.4 is 11.0 Å². The number of imidazole rings is 1. The van der Waals surface area contributed by atoms with Crippen LogP contribution in [0.2, 0.25) is 0 Å². The van der Waals surface area contributed by atoms with E-state index in [0.29, 0.717) is 10.3 Å². The summed E-state index contributed by atoms with van der Waals surface area (Å²) in [5.74, 6) is 0. The molecule has 0 bridgehead atoms. The van der Waals surface area contributed by atoms with Crippen LogP contribution in [0.1, 0.15) is 5.69 Å². The molecule has 76 valence electrons. The smallest absolute Gasteiger partial charge is 0.340 e. The van der Waals surface area contributed by atoms with E-state index >= 15 is 0 Å². The van der Waals surface area contributed by atoms with Gasteiger partial charge in [-0.2, -0.15) is 0 Å². The largest absolute Gasteiger partial charge is 0.344 e. The number of amides is 1. The first-order chi connectivity index (χ1) is 6.49. The number of hydrogen-bond acceptors (Lipinski definition) is 3. The number of halogens is 1. The number of aryl methyl sites for hydroxylation is 1. The summed E-state index contributed by atoms with van der Waals surface area (Å²) >= 11 is 5.12. The van der Waals surface area contributed by atoms with Gasteiger partial charge in [0.15, 0.2) is 0 Å². The van der Waals surface area contributed by atoms with Gasteiger partial charge in [-0.15, -0.1) is 0 Å². The molecule has 0 aliphatic rings. The van der Waals surface area contributed by atoms with E-state index in [1.165, 1.54) is 20.2 Å². The first-order valence-corrected chi connectivity index (χ1v) is 4.09. The highest BCUT2D eigenvalue weighted by atomic mass is 35.5. The van der Waals surface area contributed by atoms with Crippen molar-refractivity contribution in [2.75, 3.05) is 7.05 Å². The van der Waals surface area contributed by atoms with Crippen LogP contribution in [0.25, 0.3) is 0 Å². The minimum absolute atomic E-state index is 0.336. The van der Waals surface area contributed by atoms with E-state index in [2.05, 4.69) is 5.32 Å². The predicted molar refractivity (Wildman–Crippen MR) is 49.9 cm³/mol. The zero-order valence-corrected chi connectivity index (χ0v) is 8.33. The molecule has 0 saturated heterocycles. The van der Waals surface area contributed by atoms with Crippen molar-refractivity contribution in [3.63, 3.8) is 0 Å². The van der Waals surface area contributed by atoms with Gasteiger partial charge in [-0.25, -0.2) is 18.7 Å². The molecule has 6 nitrogen and oxygen atoms in total. The second kappa shape index (κ2) is 3.67. The lowest BCUT2D eigenvalue weighted by Crippen LogP contribution is -2.36. The van der Waals surface area contributed by atoms with Crippen molar-refractivity contribution >= 4 is 23.0 Å². The molecule has 0 radical (unpaired) electrons. The third kappa shape index (κ3) is 1.56. The number of carbonyl (C=O) groups is 2. The zero-order chi connectivity index (χ0) is 10.9. The van der Waals surface area contributed by atoms with Crippen LogP contribution in [0.3, 0.4) is 0 Å². The third-order valence-corrected chi connectivity index (χ3v) is 1.85. The van der Waals surface area contributed by atoms with Crippen molar-refractivity contribution in [2.24, 2.45) is 0 Å². The van der Waals surface area contributed by atoms with Gasteiger partial charge in [-0.05, 0) is 18.5 Å². The molecule has 14 heavy (non-hydrogen) atoms. The van der Waals surface area contributed by atoms with E-state index in [4.69, 9.17) is 11.6 Å². The molecule has 1 amide bonds. The van der Waals surface area contributed by atoms with Crippen LogP contribution >= 0.6 is 11.6 Å². The molecule has 0 atom stereocenters. The second-order valence-electron chi connectivity index (χ2n) is 2.57. The molecular weight excluding hydrogens is 210 g/mol. The lowest BCUT2D eigenvalue weighted by Gasteiger charge is -1.99. The van der Waals surface area contributed by atoms with Crippen LogP contribution in [0.4, 0.5) is 9.59 Å². The normalized spacial score (nSPS) is 9.93. The fourth-order valence-corrected chi connectivity index (χ4v) is 1.16. The number of rotatable bonds is 0. The Hall–Kier alpha value is -1.56. The summed E-state index contributed by atoms with van der Waals surface area (Å²) in [7, 11) is 1.38. The maximum absolute atomic E-state index is 11.4. The Balaban J connectivity index is 3.40. The molecule has 0 fully saturated rings. The molecule has 7 heteroatoms. The van der Waals surface area contributed by atoms with Gasteiger partial charge in [-0.1, -0.05) is 0 Å². The first kappa shape index (κ1) is 10.5. The van der Waals surface area contributed by atoms with Crippen molar-refractivity contribution in [2.45, 2.75) is 6.92 Å². The molecule has 0 unspecified atom stereocenters. The number of carbonyl (C=O) groups excluding carboxylic acids is 2.